The Morgan fingerprint density at radius 1 is 1.47 bits per heavy atom. The van der Waals surface area contributed by atoms with E-state index in [0.29, 0.717) is 17.1 Å². The molecule has 0 saturated carbocycles. The molecule has 0 aliphatic heterocycles. The zero-order chi connectivity index (χ0) is 13.1. The number of hydrogen-bond acceptors (Lipinski definition) is 2. The topological polar surface area (TPSA) is 27.0 Å². The maximum Gasteiger partial charge on any atom is 0.101 e. The highest BCUT2D eigenvalue weighted by Crippen LogP contribution is 2.29. The summed E-state index contributed by atoms with van der Waals surface area (Å²) in [6.45, 7) is 10.8. The van der Waals surface area contributed by atoms with Crippen molar-refractivity contribution in [3.8, 4) is 6.07 Å². The number of halogens is 1. The van der Waals surface area contributed by atoms with E-state index < -0.39 is 0 Å². The third kappa shape index (κ3) is 3.25. The molecule has 0 bridgehead atoms. The van der Waals surface area contributed by atoms with E-state index in [1.54, 1.807) is 12.1 Å². The van der Waals surface area contributed by atoms with E-state index in [4.69, 9.17) is 16.9 Å². The first-order chi connectivity index (χ1) is 7.90. The molecule has 1 aromatic carbocycles. The number of anilines is 1. The van der Waals surface area contributed by atoms with Gasteiger partial charge in [-0.2, -0.15) is 5.26 Å². The van der Waals surface area contributed by atoms with Crippen molar-refractivity contribution < 1.29 is 0 Å². The van der Waals surface area contributed by atoms with Crippen LogP contribution in [0.2, 0.25) is 5.02 Å². The SMILES string of the molecule is C=CCN(c1ccc(Cl)cc1C#N)C(C)(C)C. The summed E-state index contributed by atoms with van der Waals surface area (Å²) in [5.41, 5.74) is 1.41. The summed E-state index contributed by atoms with van der Waals surface area (Å²) in [5.74, 6) is 0. The van der Waals surface area contributed by atoms with Crippen LogP contribution in [-0.4, -0.2) is 12.1 Å². The van der Waals surface area contributed by atoms with Gasteiger partial charge < -0.3 is 4.90 Å². The Kier molecular flexibility index (Phi) is 4.20. The van der Waals surface area contributed by atoms with Crippen molar-refractivity contribution in [2.45, 2.75) is 26.3 Å². The van der Waals surface area contributed by atoms with Crippen LogP contribution in [0.3, 0.4) is 0 Å². The minimum Gasteiger partial charge on any atom is -0.362 e. The second-order valence-electron chi connectivity index (χ2n) is 4.84. The second kappa shape index (κ2) is 5.25. The molecular formula is C14H17ClN2. The van der Waals surface area contributed by atoms with Crippen LogP contribution >= 0.6 is 11.6 Å². The standard InChI is InChI=1S/C14H17ClN2/c1-5-8-17(14(2,3)4)13-7-6-12(15)9-11(13)10-16/h5-7,9H,1,8H2,2-4H3. The van der Waals surface area contributed by atoms with Gasteiger partial charge in [-0.15, -0.1) is 6.58 Å². The molecule has 0 aromatic heterocycles. The Morgan fingerprint density at radius 2 is 2.12 bits per heavy atom. The van der Waals surface area contributed by atoms with Crippen LogP contribution in [0.1, 0.15) is 26.3 Å². The molecular weight excluding hydrogens is 232 g/mol. The molecule has 0 amide bonds. The fraction of sp³-hybridized carbons (Fsp3) is 0.357. The summed E-state index contributed by atoms with van der Waals surface area (Å²) in [4.78, 5) is 2.13. The van der Waals surface area contributed by atoms with Crippen molar-refractivity contribution in [1.29, 1.82) is 5.26 Å². The van der Waals surface area contributed by atoms with E-state index in [0.717, 1.165) is 5.69 Å². The largest absolute Gasteiger partial charge is 0.362 e. The minimum atomic E-state index is -0.0758. The summed E-state index contributed by atoms with van der Waals surface area (Å²) < 4.78 is 0. The van der Waals surface area contributed by atoms with Crippen LogP contribution in [0.5, 0.6) is 0 Å². The molecule has 0 spiro atoms. The molecule has 0 aliphatic rings. The number of nitriles is 1. The van der Waals surface area contributed by atoms with Gasteiger partial charge in [0, 0.05) is 17.1 Å². The van der Waals surface area contributed by atoms with Crippen LogP contribution in [0.15, 0.2) is 30.9 Å². The van der Waals surface area contributed by atoms with E-state index in [1.807, 2.05) is 12.1 Å². The number of rotatable bonds is 3. The zero-order valence-electron chi connectivity index (χ0n) is 10.5. The van der Waals surface area contributed by atoms with Gasteiger partial charge in [-0.05, 0) is 39.0 Å². The highest BCUT2D eigenvalue weighted by Gasteiger charge is 2.22. The average Bonchev–Trinajstić information content (AvgIpc) is 2.25. The maximum absolute atomic E-state index is 9.16. The normalized spacial score (nSPS) is 10.8. The monoisotopic (exact) mass is 248 g/mol. The lowest BCUT2D eigenvalue weighted by Crippen LogP contribution is -2.42. The van der Waals surface area contributed by atoms with Crippen LogP contribution in [0.4, 0.5) is 5.69 Å². The number of hydrogen-bond donors (Lipinski definition) is 0. The van der Waals surface area contributed by atoms with E-state index in [-0.39, 0.29) is 5.54 Å². The van der Waals surface area contributed by atoms with Gasteiger partial charge in [0.25, 0.3) is 0 Å². The summed E-state index contributed by atoms with van der Waals surface area (Å²) in [6.07, 6.45) is 1.83. The lowest BCUT2D eigenvalue weighted by atomic mass is 10.0. The molecule has 1 rings (SSSR count). The van der Waals surface area contributed by atoms with Crippen LogP contribution in [0, 0.1) is 11.3 Å². The molecule has 0 heterocycles. The lowest BCUT2D eigenvalue weighted by molar-refractivity contribution is 0.522. The highest BCUT2D eigenvalue weighted by atomic mass is 35.5. The Hall–Kier alpha value is -1.46. The van der Waals surface area contributed by atoms with Crippen molar-refractivity contribution in [1.82, 2.24) is 0 Å². The Balaban J connectivity index is 3.29. The first-order valence-electron chi connectivity index (χ1n) is 5.48. The molecule has 2 nitrogen and oxygen atoms in total. The molecule has 17 heavy (non-hydrogen) atoms. The molecule has 1 aromatic rings. The smallest absolute Gasteiger partial charge is 0.101 e. The summed E-state index contributed by atoms with van der Waals surface area (Å²) >= 11 is 5.90. The molecule has 0 unspecified atom stereocenters. The summed E-state index contributed by atoms with van der Waals surface area (Å²) in [5, 5.41) is 9.75. The zero-order valence-corrected chi connectivity index (χ0v) is 11.3. The van der Waals surface area contributed by atoms with Crippen LogP contribution in [0.25, 0.3) is 0 Å². The van der Waals surface area contributed by atoms with Gasteiger partial charge in [0.05, 0.1) is 11.3 Å². The molecule has 90 valence electrons. The third-order valence-electron chi connectivity index (χ3n) is 2.49. The van der Waals surface area contributed by atoms with Gasteiger partial charge in [-0.1, -0.05) is 17.7 Å². The molecule has 0 atom stereocenters. The van der Waals surface area contributed by atoms with Gasteiger partial charge in [0.2, 0.25) is 0 Å². The second-order valence-corrected chi connectivity index (χ2v) is 5.28. The summed E-state index contributed by atoms with van der Waals surface area (Å²) in [7, 11) is 0. The fourth-order valence-electron chi connectivity index (χ4n) is 1.70. The van der Waals surface area contributed by atoms with Gasteiger partial charge in [-0.25, -0.2) is 0 Å². The van der Waals surface area contributed by atoms with Crippen molar-refractivity contribution >= 4 is 17.3 Å². The Morgan fingerprint density at radius 3 is 2.59 bits per heavy atom. The Bertz CT molecular complexity index is 452. The molecule has 0 N–H and O–H groups in total. The van der Waals surface area contributed by atoms with E-state index >= 15 is 0 Å². The molecule has 3 heteroatoms. The fourth-order valence-corrected chi connectivity index (χ4v) is 1.87. The van der Waals surface area contributed by atoms with Crippen molar-refractivity contribution in [3.63, 3.8) is 0 Å². The van der Waals surface area contributed by atoms with E-state index in [1.165, 1.54) is 0 Å². The van der Waals surface area contributed by atoms with Gasteiger partial charge in [0.15, 0.2) is 0 Å². The van der Waals surface area contributed by atoms with E-state index in [9.17, 15) is 0 Å². The molecule has 0 radical (unpaired) electrons. The first-order valence-corrected chi connectivity index (χ1v) is 5.86. The van der Waals surface area contributed by atoms with Gasteiger partial charge in [0.1, 0.15) is 6.07 Å². The Labute approximate surface area is 108 Å². The first kappa shape index (κ1) is 13.6. The van der Waals surface area contributed by atoms with Crippen molar-refractivity contribution in [2.24, 2.45) is 0 Å². The lowest BCUT2D eigenvalue weighted by Gasteiger charge is -2.37. The molecule has 0 saturated heterocycles. The summed E-state index contributed by atoms with van der Waals surface area (Å²) in [6, 6.07) is 7.57. The molecule has 0 fully saturated rings. The number of nitrogens with zero attached hydrogens (tertiary/aromatic N) is 2. The minimum absolute atomic E-state index is 0.0758. The van der Waals surface area contributed by atoms with Crippen LogP contribution in [-0.2, 0) is 0 Å². The van der Waals surface area contributed by atoms with Crippen molar-refractivity contribution in [3.05, 3.63) is 41.4 Å². The van der Waals surface area contributed by atoms with Gasteiger partial charge >= 0.3 is 0 Å². The predicted molar refractivity (Wildman–Crippen MR) is 73.5 cm³/mol. The van der Waals surface area contributed by atoms with Gasteiger partial charge in [-0.3, -0.25) is 0 Å². The quantitative estimate of drug-likeness (QED) is 0.756. The van der Waals surface area contributed by atoms with Crippen LogP contribution < -0.4 is 4.90 Å². The maximum atomic E-state index is 9.16. The average molecular weight is 249 g/mol. The van der Waals surface area contributed by atoms with E-state index in [2.05, 4.69) is 38.3 Å². The third-order valence-corrected chi connectivity index (χ3v) is 2.73. The van der Waals surface area contributed by atoms with Crippen molar-refractivity contribution in [2.75, 3.05) is 11.4 Å². The highest BCUT2D eigenvalue weighted by molar-refractivity contribution is 6.30. The predicted octanol–water partition coefficient (Wildman–Crippen LogP) is 4.00. The molecule has 0 aliphatic carbocycles. The number of benzene rings is 1.